The molecule has 15 heavy (non-hydrogen) atoms. The van der Waals surface area contributed by atoms with Gasteiger partial charge in [-0.15, -0.1) is 11.3 Å². The zero-order valence-corrected chi connectivity index (χ0v) is 9.22. The molecule has 1 saturated carbocycles. The monoisotopic (exact) mass is 219 g/mol. The molecule has 2 aromatic rings. The molecule has 0 amide bonds. The standard InChI is InChI=1S/C12H13NOS/c13-14-8-12(5-6-12)10-7-15-11-4-2-1-3-9(10)11/h1-4,7H,5-6,8,13H2. The van der Waals surface area contributed by atoms with Gasteiger partial charge in [0.1, 0.15) is 0 Å². The van der Waals surface area contributed by atoms with Crippen LogP contribution in [0.3, 0.4) is 0 Å². The Morgan fingerprint density at radius 2 is 2.13 bits per heavy atom. The molecule has 3 rings (SSSR count). The average molecular weight is 219 g/mol. The minimum atomic E-state index is 0.217. The van der Waals surface area contributed by atoms with Gasteiger partial charge in [-0.1, -0.05) is 18.2 Å². The topological polar surface area (TPSA) is 35.2 Å². The largest absolute Gasteiger partial charge is 0.304 e. The highest BCUT2D eigenvalue weighted by Gasteiger charge is 2.45. The molecule has 0 bridgehead atoms. The fraction of sp³-hybridized carbons (Fsp3) is 0.333. The van der Waals surface area contributed by atoms with E-state index >= 15 is 0 Å². The van der Waals surface area contributed by atoms with Gasteiger partial charge in [0.05, 0.1) is 6.61 Å². The average Bonchev–Trinajstić information content (AvgIpc) is 2.91. The van der Waals surface area contributed by atoms with E-state index in [2.05, 4.69) is 29.6 Å². The van der Waals surface area contributed by atoms with E-state index in [4.69, 9.17) is 10.7 Å². The van der Waals surface area contributed by atoms with E-state index in [-0.39, 0.29) is 5.41 Å². The van der Waals surface area contributed by atoms with Crippen molar-refractivity contribution >= 4 is 21.4 Å². The van der Waals surface area contributed by atoms with Gasteiger partial charge in [0.25, 0.3) is 0 Å². The summed E-state index contributed by atoms with van der Waals surface area (Å²) in [6.45, 7) is 0.647. The van der Waals surface area contributed by atoms with Gasteiger partial charge in [-0.2, -0.15) is 0 Å². The molecule has 0 radical (unpaired) electrons. The molecular weight excluding hydrogens is 206 g/mol. The van der Waals surface area contributed by atoms with E-state index in [9.17, 15) is 0 Å². The van der Waals surface area contributed by atoms with Gasteiger partial charge in [-0.3, -0.25) is 0 Å². The Balaban J connectivity index is 2.11. The Kier molecular flexibility index (Phi) is 2.06. The molecule has 78 valence electrons. The van der Waals surface area contributed by atoms with Crippen LogP contribution in [0.2, 0.25) is 0 Å². The quantitative estimate of drug-likeness (QED) is 0.806. The molecule has 1 aliphatic carbocycles. The lowest BCUT2D eigenvalue weighted by molar-refractivity contribution is 0.116. The number of fused-ring (bicyclic) bond motifs is 1. The van der Waals surface area contributed by atoms with Crippen LogP contribution in [0.1, 0.15) is 18.4 Å². The molecule has 0 unspecified atom stereocenters. The fourth-order valence-electron chi connectivity index (χ4n) is 2.19. The van der Waals surface area contributed by atoms with Crippen molar-refractivity contribution in [2.45, 2.75) is 18.3 Å². The molecule has 0 saturated heterocycles. The fourth-order valence-corrected chi connectivity index (χ4v) is 3.27. The summed E-state index contributed by atoms with van der Waals surface area (Å²) in [5, 5.41) is 3.63. The van der Waals surface area contributed by atoms with Crippen molar-refractivity contribution in [2.75, 3.05) is 6.61 Å². The maximum absolute atomic E-state index is 5.21. The second-order valence-corrected chi connectivity index (χ2v) is 5.15. The summed E-state index contributed by atoms with van der Waals surface area (Å²) in [5.41, 5.74) is 1.64. The Morgan fingerprint density at radius 3 is 2.87 bits per heavy atom. The van der Waals surface area contributed by atoms with Gasteiger partial charge in [0, 0.05) is 10.1 Å². The maximum Gasteiger partial charge on any atom is 0.0776 e. The van der Waals surface area contributed by atoms with E-state index in [1.54, 1.807) is 0 Å². The van der Waals surface area contributed by atoms with Crippen molar-refractivity contribution in [1.82, 2.24) is 0 Å². The number of thiophene rings is 1. The predicted octanol–water partition coefficient (Wildman–Crippen LogP) is 2.82. The first-order valence-corrected chi connectivity index (χ1v) is 6.02. The first-order chi connectivity index (χ1) is 7.36. The molecule has 3 heteroatoms. The van der Waals surface area contributed by atoms with Crippen LogP contribution in [0, 0.1) is 0 Å². The van der Waals surface area contributed by atoms with Crippen LogP contribution in [0.5, 0.6) is 0 Å². The van der Waals surface area contributed by atoms with Gasteiger partial charge in [0.2, 0.25) is 0 Å². The van der Waals surface area contributed by atoms with Crippen molar-refractivity contribution in [1.29, 1.82) is 0 Å². The van der Waals surface area contributed by atoms with Crippen LogP contribution in [-0.2, 0) is 10.3 Å². The summed E-state index contributed by atoms with van der Waals surface area (Å²) < 4.78 is 1.36. The van der Waals surface area contributed by atoms with Crippen LogP contribution in [0.15, 0.2) is 29.6 Å². The third kappa shape index (κ3) is 1.39. The van der Waals surface area contributed by atoms with E-state index < -0.39 is 0 Å². The molecule has 1 aromatic carbocycles. The molecule has 1 heterocycles. The van der Waals surface area contributed by atoms with Gasteiger partial charge in [-0.25, -0.2) is 5.90 Å². The van der Waals surface area contributed by atoms with Crippen molar-refractivity contribution in [2.24, 2.45) is 5.90 Å². The Hall–Kier alpha value is -0.900. The second-order valence-electron chi connectivity index (χ2n) is 4.24. The molecule has 1 aliphatic rings. The molecular formula is C12H13NOS. The molecule has 0 aliphatic heterocycles. The highest BCUT2D eigenvalue weighted by Crippen LogP contribution is 2.51. The van der Waals surface area contributed by atoms with E-state index in [1.165, 1.54) is 28.5 Å². The van der Waals surface area contributed by atoms with Gasteiger partial charge < -0.3 is 4.84 Å². The van der Waals surface area contributed by atoms with Gasteiger partial charge in [-0.05, 0) is 35.2 Å². The lowest BCUT2D eigenvalue weighted by Crippen LogP contribution is -2.17. The number of nitrogens with two attached hydrogens (primary N) is 1. The second kappa shape index (κ2) is 3.30. The van der Waals surface area contributed by atoms with E-state index in [0.29, 0.717) is 6.61 Å². The smallest absolute Gasteiger partial charge is 0.0776 e. The summed E-state index contributed by atoms with van der Waals surface area (Å²) >= 11 is 1.81. The molecule has 1 fully saturated rings. The zero-order valence-electron chi connectivity index (χ0n) is 8.40. The van der Waals surface area contributed by atoms with Crippen LogP contribution in [0.25, 0.3) is 10.1 Å². The summed E-state index contributed by atoms with van der Waals surface area (Å²) in [6, 6.07) is 8.54. The Bertz CT molecular complexity index is 487. The molecule has 1 aromatic heterocycles. The molecule has 2 N–H and O–H groups in total. The van der Waals surface area contributed by atoms with Gasteiger partial charge >= 0.3 is 0 Å². The zero-order chi connectivity index (χ0) is 10.3. The number of hydrogen-bond acceptors (Lipinski definition) is 3. The SMILES string of the molecule is NOCC1(c2csc3ccccc23)CC1. The number of rotatable bonds is 3. The minimum absolute atomic E-state index is 0.217. The third-order valence-electron chi connectivity index (χ3n) is 3.27. The first kappa shape index (κ1) is 9.33. The number of benzene rings is 1. The minimum Gasteiger partial charge on any atom is -0.304 e. The van der Waals surface area contributed by atoms with Crippen LogP contribution in [0.4, 0.5) is 0 Å². The molecule has 0 spiro atoms. The highest BCUT2D eigenvalue weighted by atomic mass is 32.1. The molecule has 0 atom stereocenters. The van der Waals surface area contributed by atoms with Crippen molar-refractivity contribution in [3.8, 4) is 0 Å². The van der Waals surface area contributed by atoms with E-state index in [0.717, 1.165) is 0 Å². The van der Waals surface area contributed by atoms with Crippen LogP contribution < -0.4 is 5.90 Å². The molecule has 2 nitrogen and oxygen atoms in total. The Morgan fingerprint density at radius 1 is 1.33 bits per heavy atom. The number of hydrogen-bond donors (Lipinski definition) is 1. The van der Waals surface area contributed by atoms with E-state index in [1.807, 2.05) is 11.3 Å². The Labute approximate surface area is 92.6 Å². The highest BCUT2D eigenvalue weighted by molar-refractivity contribution is 7.17. The third-order valence-corrected chi connectivity index (χ3v) is 4.23. The first-order valence-electron chi connectivity index (χ1n) is 5.14. The summed E-state index contributed by atoms with van der Waals surface area (Å²) in [6.07, 6.45) is 2.40. The van der Waals surface area contributed by atoms with Crippen molar-refractivity contribution in [3.63, 3.8) is 0 Å². The lowest BCUT2D eigenvalue weighted by Gasteiger charge is -2.12. The predicted molar refractivity (Wildman–Crippen MR) is 62.9 cm³/mol. The van der Waals surface area contributed by atoms with Crippen LogP contribution >= 0.6 is 11.3 Å². The maximum atomic E-state index is 5.21. The van der Waals surface area contributed by atoms with Crippen LogP contribution in [-0.4, -0.2) is 6.61 Å². The van der Waals surface area contributed by atoms with Crippen molar-refractivity contribution < 1.29 is 4.84 Å². The van der Waals surface area contributed by atoms with Gasteiger partial charge in [0.15, 0.2) is 0 Å². The summed E-state index contributed by atoms with van der Waals surface area (Å²) in [5.74, 6) is 5.21. The lowest BCUT2D eigenvalue weighted by atomic mass is 9.96. The van der Waals surface area contributed by atoms with Crippen molar-refractivity contribution in [3.05, 3.63) is 35.2 Å². The summed E-state index contributed by atoms with van der Waals surface area (Å²) in [7, 11) is 0. The summed E-state index contributed by atoms with van der Waals surface area (Å²) in [4.78, 5) is 4.85. The normalized spacial score (nSPS) is 18.2.